The SMILES string of the molecule is N#Cc1ccc(NC[C@@H](O)c2ccc(OC(F)(F)F)cc2)nc1. The number of aromatic nitrogens is 1. The zero-order valence-corrected chi connectivity index (χ0v) is 11.7. The lowest BCUT2D eigenvalue weighted by Crippen LogP contribution is -2.17. The molecule has 0 amide bonds. The topological polar surface area (TPSA) is 78.2 Å². The Bertz CT molecular complexity index is 679. The van der Waals surface area contributed by atoms with E-state index < -0.39 is 12.5 Å². The first-order valence-corrected chi connectivity index (χ1v) is 6.51. The van der Waals surface area contributed by atoms with E-state index >= 15 is 0 Å². The first kappa shape index (κ1) is 16.6. The van der Waals surface area contributed by atoms with Crippen molar-refractivity contribution in [1.82, 2.24) is 4.98 Å². The van der Waals surface area contributed by atoms with Crippen molar-refractivity contribution >= 4 is 5.82 Å². The molecule has 1 heterocycles. The van der Waals surface area contributed by atoms with Gasteiger partial charge in [0.05, 0.1) is 11.7 Å². The largest absolute Gasteiger partial charge is 0.573 e. The van der Waals surface area contributed by atoms with Gasteiger partial charge in [0.1, 0.15) is 17.6 Å². The second kappa shape index (κ2) is 6.98. The van der Waals surface area contributed by atoms with Crippen LogP contribution in [0.4, 0.5) is 19.0 Å². The lowest BCUT2D eigenvalue weighted by molar-refractivity contribution is -0.274. The smallest absolute Gasteiger partial charge is 0.406 e. The summed E-state index contributed by atoms with van der Waals surface area (Å²) in [6, 6.07) is 10.1. The molecule has 1 atom stereocenters. The summed E-state index contributed by atoms with van der Waals surface area (Å²) < 4.78 is 39.9. The fourth-order valence-corrected chi connectivity index (χ4v) is 1.78. The van der Waals surface area contributed by atoms with Crippen molar-refractivity contribution in [3.05, 3.63) is 53.7 Å². The fraction of sp³-hybridized carbons (Fsp3) is 0.200. The molecule has 0 spiro atoms. The van der Waals surface area contributed by atoms with Crippen LogP contribution < -0.4 is 10.1 Å². The normalized spacial score (nSPS) is 12.3. The van der Waals surface area contributed by atoms with Gasteiger partial charge in [-0.15, -0.1) is 13.2 Å². The summed E-state index contributed by atoms with van der Waals surface area (Å²) in [6.45, 7) is 0.109. The molecule has 2 rings (SSSR count). The van der Waals surface area contributed by atoms with Gasteiger partial charge >= 0.3 is 6.36 Å². The maximum absolute atomic E-state index is 12.1. The van der Waals surface area contributed by atoms with Gasteiger partial charge in [-0.1, -0.05) is 12.1 Å². The summed E-state index contributed by atoms with van der Waals surface area (Å²) in [5.74, 6) is 0.121. The molecule has 0 aliphatic heterocycles. The number of rotatable bonds is 5. The van der Waals surface area contributed by atoms with E-state index in [-0.39, 0.29) is 12.3 Å². The van der Waals surface area contributed by atoms with Crippen LogP contribution in [0.2, 0.25) is 0 Å². The molecule has 1 aromatic carbocycles. The van der Waals surface area contributed by atoms with Gasteiger partial charge in [-0.05, 0) is 29.8 Å². The summed E-state index contributed by atoms with van der Waals surface area (Å²) in [5, 5.41) is 21.5. The Morgan fingerprint density at radius 3 is 2.43 bits per heavy atom. The van der Waals surface area contributed by atoms with Gasteiger partial charge in [-0.2, -0.15) is 5.26 Å². The first-order valence-electron chi connectivity index (χ1n) is 6.51. The molecule has 0 unspecified atom stereocenters. The Balaban J connectivity index is 1.92. The predicted molar refractivity (Wildman–Crippen MR) is 75.5 cm³/mol. The Kier molecular flexibility index (Phi) is 5.03. The van der Waals surface area contributed by atoms with Gasteiger partial charge in [0.25, 0.3) is 0 Å². The van der Waals surface area contributed by atoms with E-state index in [4.69, 9.17) is 5.26 Å². The van der Waals surface area contributed by atoms with Crippen LogP contribution in [0.25, 0.3) is 0 Å². The van der Waals surface area contributed by atoms with E-state index in [0.717, 1.165) is 12.1 Å². The lowest BCUT2D eigenvalue weighted by Gasteiger charge is -2.14. The maximum atomic E-state index is 12.1. The highest BCUT2D eigenvalue weighted by atomic mass is 19.4. The molecule has 0 aliphatic carbocycles. The van der Waals surface area contributed by atoms with Gasteiger partial charge in [-0.3, -0.25) is 0 Å². The fourth-order valence-electron chi connectivity index (χ4n) is 1.78. The van der Waals surface area contributed by atoms with Gasteiger partial charge < -0.3 is 15.2 Å². The van der Waals surface area contributed by atoms with Gasteiger partial charge in [0.15, 0.2) is 0 Å². The number of nitrogens with one attached hydrogen (secondary N) is 1. The number of halogens is 3. The minimum Gasteiger partial charge on any atom is -0.406 e. The van der Waals surface area contributed by atoms with Crippen molar-refractivity contribution in [1.29, 1.82) is 5.26 Å². The van der Waals surface area contributed by atoms with Crippen molar-refractivity contribution in [3.63, 3.8) is 0 Å². The van der Waals surface area contributed by atoms with E-state index in [0.29, 0.717) is 16.9 Å². The van der Waals surface area contributed by atoms with Crippen LogP contribution in [0, 0.1) is 11.3 Å². The van der Waals surface area contributed by atoms with Crippen LogP contribution in [0.5, 0.6) is 5.75 Å². The standard InChI is InChI=1S/C15H12F3N3O2/c16-15(17,18)23-12-4-2-11(3-5-12)13(22)9-21-14-6-1-10(7-19)8-20-14/h1-6,8,13,22H,9H2,(H,20,21)/t13-/m1/s1. The molecule has 0 fully saturated rings. The third-order valence-electron chi connectivity index (χ3n) is 2.87. The van der Waals surface area contributed by atoms with Crippen LogP contribution >= 0.6 is 0 Å². The molecular weight excluding hydrogens is 311 g/mol. The van der Waals surface area contributed by atoms with E-state index in [1.165, 1.54) is 18.3 Å². The van der Waals surface area contributed by atoms with Gasteiger partial charge in [0, 0.05) is 12.7 Å². The number of nitriles is 1. The molecule has 0 saturated carbocycles. The molecule has 2 aromatic rings. The minimum absolute atomic E-state index is 0.109. The zero-order valence-electron chi connectivity index (χ0n) is 11.7. The summed E-state index contributed by atoms with van der Waals surface area (Å²) in [4.78, 5) is 3.98. The molecule has 0 bridgehead atoms. The highest BCUT2D eigenvalue weighted by Gasteiger charge is 2.31. The third-order valence-corrected chi connectivity index (χ3v) is 2.87. The number of anilines is 1. The average Bonchev–Trinajstić information content (AvgIpc) is 2.52. The second-order valence-corrected chi connectivity index (χ2v) is 4.56. The molecule has 2 N–H and O–H groups in total. The molecule has 23 heavy (non-hydrogen) atoms. The Labute approximate surface area is 130 Å². The Morgan fingerprint density at radius 2 is 1.91 bits per heavy atom. The molecule has 0 radical (unpaired) electrons. The molecule has 8 heteroatoms. The number of benzene rings is 1. The summed E-state index contributed by atoms with van der Waals surface area (Å²) in [6.07, 6.45) is -4.30. The Morgan fingerprint density at radius 1 is 1.22 bits per heavy atom. The number of ether oxygens (including phenoxy) is 1. The number of aliphatic hydroxyl groups is 1. The van der Waals surface area contributed by atoms with Crippen LogP contribution in [-0.2, 0) is 0 Å². The molecule has 0 saturated heterocycles. The number of hydrogen-bond donors (Lipinski definition) is 2. The van der Waals surface area contributed by atoms with Crippen molar-refractivity contribution in [2.75, 3.05) is 11.9 Å². The summed E-state index contributed by atoms with van der Waals surface area (Å²) in [7, 11) is 0. The highest BCUT2D eigenvalue weighted by molar-refractivity contribution is 5.39. The predicted octanol–water partition coefficient (Wildman–Crippen LogP) is 3.00. The van der Waals surface area contributed by atoms with Crippen molar-refractivity contribution in [3.8, 4) is 11.8 Å². The molecule has 120 valence electrons. The van der Waals surface area contributed by atoms with Gasteiger partial charge in [-0.25, -0.2) is 4.98 Å². The highest BCUT2D eigenvalue weighted by Crippen LogP contribution is 2.24. The minimum atomic E-state index is -4.75. The second-order valence-electron chi connectivity index (χ2n) is 4.56. The van der Waals surface area contributed by atoms with Crippen LogP contribution in [0.3, 0.4) is 0 Å². The number of alkyl halides is 3. The van der Waals surface area contributed by atoms with Gasteiger partial charge in [0.2, 0.25) is 0 Å². The zero-order chi connectivity index (χ0) is 16.9. The third kappa shape index (κ3) is 5.16. The van der Waals surface area contributed by atoms with Crippen molar-refractivity contribution in [2.24, 2.45) is 0 Å². The molecular formula is C15H12F3N3O2. The number of hydrogen-bond acceptors (Lipinski definition) is 5. The summed E-state index contributed by atoms with van der Waals surface area (Å²) >= 11 is 0. The molecule has 1 aromatic heterocycles. The van der Waals surface area contributed by atoms with Crippen molar-refractivity contribution < 1.29 is 23.0 Å². The van der Waals surface area contributed by atoms with E-state index in [2.05, 4.69) is 15.0 Å². The van der Waals surface area contributed by atoms with Crippen LogP contribution in [0.15, 0.2) is 42.6 Å². The summed E-state index contributed by atoms with van der Waals surface area (Å²) in [5.41, 5.74) is 0.844. The monoisotopic (exact) mass is 323 g/mol. The quantitative estimate of drug-likeness (QED) is 0.884. The Hall–Kier alpha value is -2.79. The van der Waals surface area contributed by atoms with Crippen molar-refractivity contribution in [2.45, 2.75) is 12.5 Å². The molecule has 5 nitrogen and oxygen atoms in total. The molecule has 0 aliphatic rings. The number of aliphatic hydroxyl groups excluding tert-OH is 1. The van der Waals surface area contributed by atoms with Crippen LogP contribution in [-0.4, -0.2) is 23.0 Å². The van der Waals surface area contributed by atoms with E-state index in [1.807, 2.05) is 6.07 Å². The maximum Gasteiger partial charge on any atom is 0.573 e. The average molecular weight is 323 g/mol. The number of nitrogens with zero attached hydrogens (tertiary/aromatic N) is 2. The van der Waals surface area contributed by atoms with E-state index in [1.54, 1.807) is 12.1 Å². The van der Waals surface area contributed by atoms with E-state index in [9.17, 15) is 18.3 Å². The lowest BCUT2D eigenvalue weighted by atomic mass is 10.1. The first-order chi connectivity index (χ1) is 10.9. The number of pyridine rings is 1. The van der Waals surface area contributed by atoms with Crippen LogP contribution in [0.1, 0.15) is 17.2 Å².